The van der Waals surface area contributed by atoms with Gasteiger partial charge in [0.2, 0.25) is 15.9 Å². The van der Waals surface area contributed by atoms with Gasteiger partial charge in [-0.2, -0.15) is 4.31 Å². The average molecular weight is 626 g/mol. The first kappa shape index (κ1) is 28.5. The molecule has 0 bridgehead atoms. The number of ether oxygens (including phenoxy) is 1. The maximum atomic E-state index is 13.9. The summed E-state index contributed by atoms with van der Waals surface area (Å²) >= 11 is 7.66. The number of fused-ring (bicyclic) bond motifs is 3. The third kappa shape index (κ3) is 5.02. The molecule has 1 aliphatic rings. The number of rotatable bonds is 7. The van der Waals surface area contributed by atoms with Gasteiger partial charge in [-0.05, 0) is 70.6 Å². The zero-order chi connectivity index (χ0) is 29.8. The molecule has 6 rings (SSSR count). The van der Waals surface area contributed by atoms with Crippen molar-refractivity contribution in [3.05, 3.63) is 75.3 Å². The van der Waals surface area contributed by atoms with E-state index in [1.165, 1.54) is 27.9 Å². The number of hydrogen-bond acceptors (Lipinski definition) is 8. The maximum Gasteiger partial charge on any atom is 0.304 e. The van der Waals surface area contributed by atoms with Gasteiger partial charge in [0.1, 0.15) is 16.5 Å². The molecule has 0 fully saturated rings. The quantitative estimate of drug-likeness (QED) is 0.251. The summed E-state index contributed by atoms with van der Waals surface area (Å²) in [4.78, 5) is 16.2. The number of sulfonamides is 1. The molecule has 0 spiro atoms. The Kier molecular flexibility index (Phi) is 7.42. The monoisotopic (exact) mass is 625 g/mol. The number of carboxylic acid groups (broad SMARTS) is 1. The Balaban J connectivity index is 1.47. The lowest BCUT2D eigenvalue weighted by molar-refractivity contribution is -0.137. The van der Waals surface area contributed by atoms with Gasteiger partial charge < -0.3 is 9.84 Å². The molecule has 1 aliphatic heterocycles. The van der Waals surface area contributed by atoms with Crippen LogP contribution in [0.1, 0.15) is 47.9 Å². The fourth-order valence-electron chi connectivity index (χ4n) is 5.60. The summed E-state index contributed by atoms with van der Waals surface area (Å²) in [5.41, 5.74) is 4.83. The van der Waals surface area contributed by atoms with Crippen LogP contribution in [-0.4, -0.2) is 56.4 Å². The van der Waals surface area contributed by atoms with Crippen molar-refractivity contribution in [1.82, 2.24) is 24.3 Å². The van der Waals surface area contributed by atoms with E-state index in [0.29, 0.717) is 6.42 Å². The summed E-state index contributed by atoms with van der Waals surface area (Å²) < 4.78 is 37.9. The van der Waals surface area contributed by atoms with Crippen LogP contribution in [0, 0.1) is 6.92 Å². The van der Waals surface area contributed by atoms with Crippen molar-refractivity contribution in [1.29, 1.82) is 0 Å². The first-order chi connectivity index (χ1) is 20.1. The number of hydrogen-bond donors (Lipinski definition) is 1. The summed E-state index contributed by atoms with van der Waals surface area (Å²) in [5, 5.41) is 21.4. The number of carbonyl (C=O) groups is 1. The second kappa shape index (κ2) is 10.9. The minimum atomic E-state index is -4.01. The average Bonchev–Trinajstić information content (AvgIpc) is 3.56. The van der Waals surface area contributed by atoms with E-state index in [0.717, 1.165) is 43.4 Å². The van der Waals surface area contributed by atoms with Crippen LogP contribution in [-0.2, 0) is 28.4 Å². The molecule has 5 aromatic rings. The standard InChI is InChI=1S/C29H28ClN5O5S2/c1-4-21-15-35(42(38,39)25-11-20(30)13-31-29(25)40-21)14-19-10-18(9-17-7-8-41-28(17)19)23(12-26(36)37)22-5-6-24-27(16(22)2)32-33-34(24)3/h5-11,13,21,23H,4,12,14-15H2,1-3H3,(H,36,37)/t21-,23-/m1/s1. The lowest BCUT2D eigenvalue weighted by atomic mass is 9.84. The van der Waals surface area contributed by atoms with Gasteiger partial charge in [0.15, 0.2) is 0 Å². The minimum absolute atomic E-state index is 0.0418. The highest BCUT2D eigenvalue weighted by Crippen LogP contribution is 2.39. The third-order valence-corrected chi connectivity index (χ3v) is 10.8. The smallest absolute Gasteiger partial charge is 0.304 e. The highest BCUT2D eigenvalue weighted by molar-refractivity contribution is 7.89. The summed E-state index contributed by atoms with van der Waals surface area (Å²) in [6.07, 6.45) is 1.40. The lowest BCUT2D eigenvalue weighted by Gasteiger charge is -2.24. The molecule has 2 atom stereocenters. The van der Waals surface area contributed by atoms with Gasteiger partial charge in [0.25, 0.3) is 0 Å². The number of thiophene rings is 1. The van der Waals surface area contributed by atoms with E-state index in [-0.39, 0.29) is 35.3 Å². The van der Waals surface area contributed by atoms with E-state index < -0.39 is 28.0 Å². The van der Waals surface area contributed by atoms with Crippen molar-refractivity contribution < 1.29 is 23.1 Å². The molecule has 218 valence electrons. The van der Waals surface area contributed by atoms with E-state index in [9.17, 15) is 18.3 Å². The Labute approximate surface area is 251 Å². The molecular weight excluding hydrogens is 598 g/mol. The molecule has 1 N–H and O–H groups in total. The Morgan fingerprint density at radius 2 is 2.07 bits per heavy atom. The molecule has 42 heavy (non-hydrogen) atoms. The Morgan fingerprint density at radius 3 is 2.83 bits per heavy atom. The maximum absolute atomic E-state index is 13.9. The third-order valence-electron chi connectivity index (χ3n) is 7.78. The minimum Gasteiger partial charge on any atom is -0.481 e. The topological polar surface area (TPSA) is 128 Å². The van der Waals surface area contributed by atoms with Gasteiger partial charge in [0.05, 0.1) is 23.5 Å². The zero-order valence-electron chi connectivity index (χ0n) is 23.1. The van der Waals surface area contributed by atoms with Crippen molar-refractivity contribution in [2.75, 3.05) is 6.54 Å². The molecule has 0 radical (unpaired) electrons. The van der Waals surface area contributed by atoms with Gasteiger partial charge in [-0.25, -0.2) is 18.1 Å². The van der Waals surface area contributed by atoms with Gasteiger partial charge in [-0.1, -0.05) is 35.9 Å². The predicted molar refractivity (Wildman–Crippen MR) is 161 cm³/mol. The number of nitrogens with zero attached hydrogens (tertiary/aromatic N) is 5. The second-order valence-electron chi connectivity index (χ2n) is 10.4. The number of benzene rings is 2. The van der Waals surface area contributed by atoms with Crippen LogP contribution in [0.4, 0.5) is 0 Å². The Bertz CT molecular complexity index is 1950. The number of halogens is 1. The van der Waals surface area contributed by atoms with E-state index in [1.807, 2.05) is 56.6 Å². The van der Waals surface area contributed by atoms with Gasteiger partial charge in [0, 0.05) is 30.4 Å². The molecule has 2 aromatic carbocycles. The largest absolute Gasteiger partial charge is 0.481 e. The predicted octanol–water partition coefficient (Wildman–Crippen LogP) is 5.51. The van der Waals surface area contributed by atoms with Gasteiger partial charge >= 0.3 is 5.97 Å². The van der Waals surface area contributed by atoms with Crippen LogP contribution in [0.5, 0.6) is 5.88 Å². The summed E-state index contributed by atoms with van der Waals surface area (Å²) in [6, 6.07) is 11.1. The number of aliphatic carboxylic acids is 1. The molecule has 0 unspecified atom stereocenters. The molecule has 0 amide bonds. The summed E-state index contributed by atoms with van der Waals surface area (Å²) in [5.74, 6) is -1.39. The second-order valence-corrected chi connectivity index (χ2v) is 13.7. The van der Waals surface area contributed by atoms with Crippen molar-refractivity contribution in [3.63, 3.8) is 0 Å². The molecule has 0 saturated heterocycles. The van der Waals surface area contributed by atoms with Crippen molar-refractivity contribution in [3.8, 4) is 5.88 Å². The number of carboxylic acids is 1. The molecular formula is C29H28ClN5O5S2. The summed E-state index contributed by atoms with van der Waals surface area (Å²) in [6.45, 7) is 4.06. The van der Waals surface area contributed by atoms with Crippen LogP contribution < -0.4 is 4.74 Å². The Hall–Kier alpha value is -3.58. The van der Waals surface area contributed by atoms with Gasteiger partial charge in [-0.3, -0.25) is 4.79 Å². The van der Waals surface area contributed by atoms with E-state index in [4.69, 9.17) is 16.3 Å². The number of aromatic nitrogens is 4. The van der Waals surface area contributed by atoms with Crippen LogP contribution in [0.3, 0.4) is 0 Å². The first-order valence-electron chi connectivity index (χ1n) is 13.4. The molecule has 13 heteroatoms. The SMILES string of the molecule is CC[C@@H]1CN(Cc2cc([C@@H](CC(=O)O)c3ccc4c(nnn4C)c3C)cc3ccsc23)S(=O)(=O)c2cc(Cl)cnc2O1. The first-order valence-corrected chi connectivity index (χ1v) is 16.1. The summed E-state index contributed by atoms with van der Waals surface area (Å²) in [7, 11) is -2.20. The van der Waals surface area contributed by atoms with E-state index >= 15 is 0 Å². The van der Waals surface area contributed by atoms with Gasteiger partial charge in [-0.15, -0.1) is 16.4 Å². The lowest BCUT2D eigenvalue weighted by Crippen LogP contribution is -2.36. The molecule has 10 nitrogen and oxygen atoms in total. The van der Waals surface area contributed by atoms with E-state index in [1.54, 1.807) is 4.68 Å². The fourth-order valence-corrected chi connectivity index (χ4v) is 8.26. The fraction of sp³-hybridized carbons (Fsp3) is 0.310. The highest BCUT2D eigenvalue weighted by Gasteiger charge is 2.36. The van der Waals surface area contributed by atoms with Crippen LogP contribution in [0.25, 0.3) is 21.1 Å². The molecule has 4 heterocycles. The Morgan fingerprint density at radius 1 is 1.26 bits per heavy atom. The molecule has 0 saturated carbocycles. The normalized spacial score (nSPS) is 17.6. The van der Waals surface area contributed by atoms with Crippen LogP contribution in [0.2, 0.25) is 5.02 Å². The number of pyridine rings is 1. The van der Waals surface area contributed by atoms with Crippen molar-refractivity contribution in [2.24, 2.45) is 7.05 Å². The van der Waals surface area contributed by atoms with Crippen LogP contribution >= 0.6 is 22.9 Å². The van der Waals surface area contributed by atoms with E-state index in [2.05, 4.69) is 15.3 Å². The van der Waals surface area contributed by atoms with Crippen molar-refractivity contribution >= 4 is 60.0 Å². The van der Waals surface area contributed by atoms with Crippen molar-refractivity contribution in [2.45, 2.75) is 50.2 Å². The highest BCUT2D eigenvalue weighted by atomic mass is 35.5. The van der Waals surface area contributed by atoms with Crippen LogP contribution in [0.15, 0.2) is 52.9 Å². The number of aryl methyl sites for hydroxylation is 2. The zero-order valence-corrected chi connectivity index (χ0v) is 25.5. The molecule has 3 aromatic heterocycles. The molecule has 0 aliphatic carbocycles.